The maximum atomic E-state index is 13.2. The molecule has 26 heavy (non-hydrogen) atoms. The lowest BCUT2D eigenvalue weighted by Crippen LogP contribution is -2.34. The lowest BCUT2D eigenvalue weighted by molar-refractivity contribution is -0.124. The fourth-order valence-electron chi connectivity index (χ4n) is 4.35. The zero-order chi connectivity index (χ0) is 18.0. The van der Waals surface area contributed by atoms with Gasteiger partial charge in [0.2, 0.25) is 11.8 Å². The highest BCUT2D eigenvalue weighted by Crippen LogP contribution is 2.49. The molecule has 1 aromatic carbocycles. The molecule has 2 bridgehead atoms. The minimum absolute atomic E-state index is 0.139. The monoisotopic (exact) mass is 375 g/mol. The molecule has 4 atom stereocenters. The van der Waals surface area contributed by atoms with E-state index in [0.717, 1.165) is 12.8 Å². The molecule has 6 nitrogen and oxygen atoms in total. The number of benzene rings is 1. The third-order valence-electron chi connectivity index (χ3n) is 5.51. The van der Waals surface area contributed by atoms with Gasteiger partial charge in [0, 0.05) is 11.2 Å². The van der Waals surface area contributed by atoms with E-state index in [1.54, 1.807) is 16.9 Å². The second-order valence-electron chi connectivity index (χ2n) is 6.99. The molecular weight excluding hydrogens is 361 g/mol. The van der Waals surface area contributed by atoms with E-state index in [9.17, 15) is 14.0 Å². The molecule has 1 aromatic heterocycles. The maximum absolute atomic E-state index is 13.2. The van der Waals surface area contributed by atoms with Gasteiger partial charge in [-0.25, -0.2) is 9.29 Å². The van der Waals surface area contributed by atoms with Crippen molar-refractivity contribution in [2.24, 2.45) is 11.8 Å². The topological polar surface area (TPSA) is 64.4 Å². The number of carbonyl (C=O) groups is 2. The van der Waals surface area contributed by atoms with Crippen LogP contribution in [-0.2, 0) is 20.9 Å². The summed E-state index contributed by atoms with van der Waals surface area (Å²) in [4.78, 5) is 26.8. The van der Waals surface area contributed by atoms with Gasteiger partial charge in [-0.15, -0.1) is 0 Å². The van der Waals surface area contributed by atoms with Crippen LogP contribution in [0.3, 0.4) is 0 Å². The second-order valence-corrected chi connectivity index (χ2v) is 7.39. The third-order valence-corrected chi connectivity index (χ3v) is 5.86. The molecule has 3 saturated heterocycles. The molecule has 3 fully saturated rings. The molecule has 8 heteroatoms. The smallest absolute Gasteiger partial charge is 0.240 e. The van der Waals surface area contributed by atoms with Crippen LogP contribution in [0.5, 0.6) is 0 Å². The van der Waals surface area contributed by atoms with E-state index >= 15 is 0 Å². The summed E-state index contributed by atoms with van der Waals surface area (Å²) in [5, 5.41) is 4.53. The molecule has 3 aliphatic heterocycles. The molecule has 0 radical (unpaired) electrons. The van der Waals surface area contributed by atoms with Crippen LogP contribution in [0.2, 0.25) is 5.02 Å². The molecular formula is C18H15ClFN3O3. The van der Waals surface area contributed by atoms with E-state index in [-0.39, 0.29) is 35.9 Å². The molecule has 4 heterocycles. The van der Waals surface area contributed by atoms with Crippen LogP contribution in [0.1, 0.15) is 18.4 Å². The Kier molecular flexibility index (Phi) is 3.45. The Balaban J connectivity index is 1.40. The number of fused-ring (bicyclic) bond motifs is 5. The minimum Gasteiger partial charge on any atom is -0.373 e. The van der Waals surface area contributed by atoms with E-state index in [1.807, 2.05) is 0 Å². The number of anilines is 1. The van der Waals surface area contributed by atoms with Crippen LogP contribution in [0.4, 0.5) is 10.1 Å². The maximum Gasteiger partial charge on any atom is 0.240 e. The third kappa shape index (κ3) is 2.23. The molecule has 0 spiro atoms. The lowest BCUT2D eigenvalue weighted by Gasteiger charge is -2.15. The van der Waals surface area contributed by atoms with Crippen LogP contribution in [0, 0.1) is 17.7 Å². The Morgan fingerprint density at radius 2 is 1.88 bits per heavy atom. The summed E-state index contributed by atoms with van der Waals surface area (Å²) in [6.45, 7) is 0.316. The molecule has 0 saturated carbocycles. The Morgan fingerprint density at radius 1 is 1.19 bits per heavy atom. The number of imide groups is 1. The number of ether oxygens (including phenoxy) is 1. The van der Waals surface area contributed by atoms with Crippen molar-refractivity contribution in [2.75, 3.05) is 4.90 Å². The predicted molar refractivity (Wildman–Crippen MR) is 90.1 cm³/mol. The number of carbonyl (C=O) groups excluding carboxylic acids is 2. The van der Waals surface area contributed by atoms with Crippen LogP contribution in [0.25, 0.3) is 0 Å². The van der Waals surface area contributed by atoms with Crippen molar-refractivity contribution < 1.29 is 18.7 Å². The first-order chi connectivity index (χ1) is 12.5. The molecule has 3 aliphatic rings. The van der Waals surface area contributed by atoms with Crippen molar-refractivity contribution in [3.8, 4) is 0 Å². The largest absolute Gasteiger partial charge is 0.373 e. The van der Waals surface area contributed by atoms with Gasteiger partial charge in [0.1, 0.15) is 5.82 Å². The zero-order valence-electron chi connectivity index (χ0n) is 13.6. The number of rotatable bonds is 3. The highest BCUT2D eigenvalue weighted by molar-refractivity contribution is 6.31. The molecule has 2 aromatic rings. The van der Waals surface area contributed by atoms with Crippen molar-refractivity contribution in [1.82, 2.24) is 9.78 Å². The van der Waals surface area contributed by atoms with Gasteiger partial charge in [-0.1, -0.05) is 17.7 Å². The lowest BCUT2D eigenvalue weighted by atomic mass is 9.81. The minimum atomic E-state index is -0.406. The van der Waals surface area contributed by atoms with Crippen LogP contribution in [0.15, 0.2) is 30.6 Å². The Morgan fingerprint density at radius 3 is 2.54 bits per heavy atom. The van der Waals surface area contributed by atoms with Gasteiger partial charge in [0.25, 0.3) is 0 Å². The van der Waals surface area contributed by atoms with Crippen LogP contribution < -0.4 is 4.90 Å². The zero-order valence-corrected chi connectivity index (χ0v) is 14.4. The van der Waals surface area contributed by atoms with Crippen molar-refractivity contribution in [3.63, 3.8) is 0 Å². The van der Waals surface area contributed by atoms with E-state index in [2.05, 4.69) is 5.10 Å². The van der Waals surface area contributed by atoms with Gasteiger partial charge >= 0.3 is 0 Å². The summed E-state index contributed by atoms with van der Waals surface area (Å²) < 4.78 is 20.5. The average Bonchev–Trinajstić information content (AvgIpc) is 3.35. The van der Waals surface area contributed by atoms with E-state index in [1.165, 1.54) is 23.2 Å². The van der Waals surface area contributed by atoms with Crippen LogP contribution in [-0.4, -0.2) is 33.8 Å². The number of hydrogen-bond donors (Lipinski definition) is 0. The highest BCUT2D eigenvalue weighted by Gasteiger charge is 2.62. The van der Waals surface area contributed by atoms with Gasteiger partial charge in [0.05, 0.1) is 42.5 Å². The Bertz CT molecular complexity index is 902. The summed E-state index contributed by atoms with van der Waals surface area (Å²) in [6, 6.07) is 4.16. The number of aromatic nitrogens is 2. The van der Waals surface area contributed by atoms with Gasteiger partial charge in [-0.2, -0.15) is 5.10 Å². The van der Waals surface area contributed by atoms with Gasteiger partial charge in [-0.05, 0) is 30.5 Å². The second kappa shape index (κ2) is 5.62. The summed E-state index contributed by atoms with van der Waals surface area (Å²) in [6.07, 6.45) is 4.53. The van der Waals surface area contributed by atoms with E-state index in [4.69, 9.17) is 16.3 Å². The quantitative estimate of drug-likeness (QED) is 0.773. The standard InChI is InChI=1S/C18H15ClFN3O3/c19-12-5-10(20)2-1-9(12)7-22-8-11(6-21-22)23-17(24)15-13-3-4-14(26-13)16(15)18(23)25/h1-2,5-6,8,13-16H,3-4,7H2/t13-,14+,15-,16-/m0/s1. The summed E-state index contributed by atoms with van der Waals surface area (Å²) in [7, 11) is 0. The van der Waals surface area contributed by atoms with Gasteiger partial charge in [0.15, 0.2) is 0 Å². The van der Waals surface area contributed by atoms with E-state index < -0.39 is 5.82 Å². The number of amides is 2. The molecule has 5 rings (SSSR count). The van der Waals surface area contributed by atoms with Crippen LogP contribution >= 0.6 is 11.6 Å². The van der Waals surface area contributed by atoms with Crippen molar-refractivity contribution in [2.45, 2.75) is 31.6 Å². The molecule has 0 N–H and O–H groups in total. The molecule has 134 valence electrons. The van der Waals surface area contributed by atoms with Gasteiger partial charge < -0.3 is 4.74 Å². The van der Waals surface area contributed by atoms with Gasteiger partial charge in [-0.3, -0.25) is 14.3 Å². The number of halogens is 2. The predicted octanol–water partition coefficient (Wildman–Crippen LogP) is 2.39. The average molecular weight is 376 g/mol. The van der Waals surface area contributed by atoms with E-state index in [0.29, 0.717) is 22.8 Å². The van der Waals surface area contributed by atoms with Crippen molar-refractivity contribution in [1.29, 1.82) is 0 Å². The molecule has 0 unspecified atom stereocenters. The number of hydrogen-bond acceptors (Lipinski definition) is 4. The summed E-state index contributed by atoms with van der Waals surface area (Å²) >= 11 is 6.05. The fourth-order valence-corrected chi connectivity index (χ4v) is 4.57. The summed E-state index contributed by atoms with van der Waals surface area (Å²) in [5.41, 5.74) is 1.15. The number of nitrogens with zero attached hydrogens (tertiary/aromatic N) is 3. The first kappa shape index (κ1) is 16.0. The Labute approximate surface area is 153 Å². The Hall–Kier alpha value is -2.25. The highest BCUT2D eigenvalue weighted by atomic mass is 35.5. The van der Waals surface area contributed by atoms with Crippen molar-refractivity contribution >= 4 is 29.1 Å². The molecule has 0 aliphatic carbocycles. The molecule has 2 amide bonds. The fraction of sp³-hybridized carbons (Fsp3) is 0.389. The first-order valence-corrected chi connectivity index (χ1v) is 8.90. The normalized spacial score (nSPS) is 29.7. The summed E-state index contributed by atoms with van der Waals surface area (Å²) in [5.74, 6) is -1.54. The SMILES string of the molecule is O=C1[C@@H]2[C@@H](C(=O)N1c1cnn(Cc3ccc(F)cc3Cl)c1)[C@H]1CC[C@@H]2O1. The first-order valence-electron chi connectivity index (χ1n) is 8.52. The van der Waals surface area contributed by atoms with Crippen molar-refractivity contribution in [3.05, 3.63) is 47.0 Å².